The number of hydrogen-bond acceptors (Lipinski definition) is 6. The molecule has 0 unspecified atom stereocenters. The molecule has 4 rings (SSSR count). The fraction of sp³-hybridized carbons (Fsp3) is 0.100. The van der Waals surface area contributed by atoms with E-state index in [-0.39, 0.29) is 11.5 Å². The predicted octanol–water partition coefficient (Wildman–Crippen LogP) is 5.26. The van der Waals surface area contributed by atoms with Crippen LogP contribution in [0.25, 0.3) is 6.08 Å². The summed E-state index contributed by atoms with van der Waals surface area (Å²) in [7, 11) is 0. The third-order valence-electron chi connectivity index (χ3n) is 4.04. The fourth-order valence-corrected chi connectivity index (χ4v) is 4.19. The number of ether oxygens (including phenoxy) is 2. The van der Waals surface area contributed by atoms with Crippen LogP contribution in [-0.2, 0) is 0 Å². The number of carbonyl (C=O) groups excluding carboxylic acids is 2. The fourth-order valence-electron chi connectivity index (χ4n) is 2.74. The van der Waals surface area contributed by atoms with Crippen LogP contribution in [0.2, 0.25) is 0 Å². The first kappa shape index (κ1) is 16.8. The van der Waals surface area contributed by atoms with Gasteiger partial charge in [-0.1, -0.05) is 6.07 Å². The van der Waals surface area contributed by atoms with Gasteiger partial charge in [-0.3, -0.25) is 4.79 Å². The van der Waals surface area contributed by atoms with Crippen LogP contribution in [0.15, 0.2) is 46.9 Å². The zero-order valence-corrected chi connectivity index (χ0v) is 15.7. The summed E-state index contributed by atoms with van der Waals surface area (Å²) in [5.74, 6) is 0.496. The van der Waals surface area contributed by atoms with Gasteiger partial charge in [0.1, 0.15) is 16.4 Å². The summed E-state index contributed by atoms with van der Waals surface area (Å²) >= 11 is 2.87. The number of aryl methyl sites for hydroxylation is 2. The molecule has 0 aliphatic carbocycles. The summed E-state index contributed by atoms with van der Waals surface area (Å²) in [6, 6.07) is 8.77. The van der Waals surface area contributed by atoms with Crippen molar-refractivity contribution in [2.45, 2.75) is 13.8 Å². The van der Waals surface area contributed by atoms with Gasteiger partial charge in [0.05, 0.1) is 5.56 Å². The number of hydrogen-bond donors (Lipinski definition) is 0. The van der Waals surface area contributed by atoms with E-state index in [9.17, 15) is 9.59 Å². The smallest absolute Gasteiger partial charge is 0.353 e. The predicted molar refractivity (Wildman–Crippen MR) is 102 cm³/mol. The molecular formula is C20H14O4S2. The SMILES string of the molecule is Cc1ccsc1/C=C1\Oc2cc(OC(=O)c3cccs3)cc(C)c2C1=O. The molecule has 0 radical (unpaired) electrons. The maximum Gasteiger partial charge on any atom is 0.353 e. The normalized spacial score (nSPS) is 14.4. The van der Waals surface area contributed by atoms with Crippen LogP contribution in [0.5, 0.6) is 11.5 Å². The molecule has 3 aromatic rings. The van der Waals surface area contributed by atoms with Crippen molar-refractivity contribution >= 4 is 40.5 Å². The molecule has 2 aromatic heterocycles. The molecule has 1 aromatic carbocycles. The summed E-state index contributed by atoms with van der Waals surface area (Å²) < 4.78 is 11.2. The van der Waals surface area contributed by atoms with Gasteiger partial charge in [0.2, 0.25) is 5.78 Å². The minimum absolute atomic E-state index is 0.151. The Bertz CT molecular complexity index is 1040. The standard InChI is InChI=1S/C20H14O4S2/c1-11-5-7-26-17(11)10-15-19(21)18-12(2)8-13(9-14(18)24-15)23-20(22)16-4-3-6-25-16/h3-10H,1-2H3/b15-10-. The van der Waals surface area contributed by atoms with Gasteiger partial charge in [-0.2, -0.15) is 0 Å². The quantitative estimate of drug-likeness (QED) is 0.352. The lowest BCUT2D eigenvalue weighted by Crippen LogP contribution is -2.06. The highest BCUT2D eigenvalue weighted by atomic mass is 32.1. The lowest BCUT2D eigenvalue weighted by molar-refractivity contribution is 0.0739. The highest BCUT2D eigenvalue weighted by Gasteiger charge is 2.30. The molecule has 3 heterocycles. The summed E-state index contributed by atoms with van der Waals surface area (Å²) in [4.78, 5) is 26.3. The molecule has 4 nitrogen and oxygen atoms in total. The average Bonchev–Trinajstić information content (AvgIpc) is 3.31. The number of fused-ring (bicyclic) bond motifs is 1. The number of benzene rings is 1. The summed E-state index contributed by atoms with van der Waals surface area (Å²) in [6.07, 6.45) is 1.76. The van der Waals surface area contributed by atoms with Crippen molar-refractivity contribution in [3.63, 3.8) is 0 Å². The van der Waals surface area contributed by atoms with Gasteiger partial charge in [0, 0.05) is 17.0 Å². The molecule has 26 heavy (non-hydrogen) atoms. The van der Waals surface area contributed by atoms with Gasteiger partial charge < -0.3 is 9.47 Å². The van der Waals surface area contributed by atoms with Gasteiger partial charge in [-0.25, -0.2) is 4.79 Å². The van der Waals surface area contributed by atoms with Crippen molar-refractivity contribution in [1.82, 2.24) is 0 Å². The van der Waals surface area contributed by atoms with Gasteiger partial charge in [-0.05, 0) is 53.9 Å². The highest BCUT2D eigenvalue weighted by molar-refractivity contribution is 7.12. The first-order valence-corrected chi connectivity index (χ1v) is 9.67. The van der Waals surface area contributed by atoms with Crippen LogP contribution in [0.3, 0.4) is 0 Å². The van der Waals surface area contributed by atoms with E-state index in [1.165, 1.54) is 11.3 Å². The number of Topliss-reactive ketones (excluding diaryl/α,β-unsaturated/α-hetero) is 1. The van der Waals surface area contributed by atoms with Crippen LogP contribution < -0.4 is 9.47 Å². The summed E-state index contributed by atoms with van der Waals surface area (Å²) in [5.41, 5.74) is 2.33. The molecule has 0 fully saturated rings. The second-order valence-corrected chi connectivity index (χ2v) is 7.78. The third-order valence-corrected chi connectivity index (χ3v) is 5.86. The molecule has 6 heteroatoms. The molecule has 1 aliphatic heterocycles. The lowest BCUT2D eigenvalue weighted by Gasteiger charge is -2.06. The topological polar surface area (TPSA) is 52.6 Å². The molecule has 0 saturated heterocycles. The van der Waals surface area contributed by atoms with Crippen LogP contribution in [0.4, 0.5) is 0 Å². The Morgan fingerprint density at radius 1 is 1.12 bits per heavy atom. The molecule has 0 N–H and O–H groups in total. The van der Waals surface area contributed by atoms with E-state index in [0.29, 0.717) is 27.5 Å². The number of thiophene rings is 2. The van der Waals surface area contributed by atoms with Crippen LogP contribution in [0.1, 0.15) is 36.0 Å². The Morgan fingerprint density at radius 2 is 1.96 bits per heavy atom. The molecular weight excluding hydrogens is 368 g/mol. The summed E-state index contributed by atoms with van der Waals surface area (Å²) in [5, 5.41) is 3.79. The number of ketones is 1. The second-order valence-electron chi connectivity index (χ2n) is 5.89. The van der Waals surface area contributed by atoms with Crippen LogP contribution >= 0.6 is 22.7 Å². The van der Waals surface area contributed by atoms with Crippen molar-refractivity contribution < 1.29 is 19.1 Å². The van der Waals surface area contributed by atoms with Crippen LogP contribution in [-0.4, -0.2) is 11.8 Å². The monoisotopic (exact) mass is 382 g/mol. The Morgan fingerprint density at radius 3 is 2.65 bits per heavy atom. The van der Waals surface area contributed by atoms with Crippen LogP contribution in [0, 0.1) is 13.8 Å². The van der Waals surface area contributed by atoms with Crippen molar-refractivity contribution in [3.8, 4) is 11.5 Å². The minimum atomic E-state index is -0.423. The van der Waals surface area contributed by atoms with Gasteiger partial charge >= 0.3 is 5.97 Å². The summed E-state index contributed by atoms with van der Waals surface area (Å²) in [6.45, 7) is 3.80. The Kier molecular flexibility index (Phi) is 4.22. The maximum absolute atomic E-state index is 12.7. The molecule has 130 valence electrons. The van der Waals surface area contributed by atoms with Crippen molar-refractivity contribution in [2.75, 3.05) is 0 Å². The first-order valence-electron chi connectivity index (χ1n) is 7.91. The number of rotatable bonds is 3. The Labute approximate surface area is 158 Å². The van der Waals surface area contributed by atoms with Crippen molar-refractivity contribution in [2.24, 2.45) is 0 Å². The lowest BCUT2D eigenvalue weighted by atomic mass is 10.0. The van der Waals surface area contributed by atoms with Crippen molar-refractivity contribution in [3.05, 3.63) is 73.3 Å². The Hall–Kier alpha value is -2.70. The molecule has 0 spiro atoms. The zero-order valence-electron chi connectivity index (χ0n) is 14.1. The van der Waals surface area contributed by atoms with Gasteiger partial charge in [0.15, 0.2) is 5.76 Å². The minimum Gasteiger partial charge on any atom is -0.452 e. The zero-order chi connectivity index (χ0) is 18.3. The maximum atomic E-state index is 12.7. The molecule has 0 atom stereocenters. The first-order chi connectivity index (χ1) is 12.5. The molecule has 0 bridgehead atoms. The van der Waals surface area contributed by atoms with E-state index in [1.54, 1.807) is 41.7 Å². The van der Waals surface area contributed by atoms with E-state index in [0.717, 1.165) is 10.4 Å². The number of allylic oxidation sites excluding steroid dienone is 1. The third kappa shape index (κ3) is 2.98. The largest absolute Gasteiger partial charge is 0.452 e. The van der Waals surface area contributed by atoms with E-state index >= 15 is 0 Å². The average molecular weight is 382 g/mol. The Balaban J connectivity index is 1.64. The van der Waals surface area contributed by atoms with Gasteiger partial charge in [-0.15, -0.1) is 22.7 Å². The number of carbonyl (C=O) groups is 2. The van der Waals surface area contributed by atoms with Gasteiger partial charge in [0.25, 0.3) is 0 Å². The molecule has 0 saturated carbocycles. The van der Waals surface area contributed by atoms with E-state index < -0.39 is 5.97 Å². The number of esters is 1. The molecule has 1 aliphatic rings. The van der Waals surface area contributed by atoms with E-state index in [2.05, 4.69) is 0 Å². The van der Waals surface area contributed by atoms with E-state index in [4.69, 9.17) is 9.47 Å². The highest BCUT2D eigenvalue weighted by Crippen LogP contribution is 2.38. The van der Waals surface area contributed by atoms with E-state index in [1.807, 2.05) is 30.7 Å². The second kappa shape index (κ2) is 6.55. The van der Waals surface area contributed by atoms with Crippen molar-refractivity contribution in [1.29, 1.82) is 0 Å². The molecule has 0 amide bonds.